The van der Waals surface area contributed by atoms with Crippen molar-refractivity contribution in [2.75, 3.05) is 20.2 Å². The highest BCUT2D eigenvalue weighted by Gasteiger charge is 2.24. The predicted octanol–water partition coefficient (Wildman–Crippen LogP) is 1.63. The van der Waals surface area contributed by atoms with Crippen molar-refractivity contribution in [3.8, 4) is 0 Å². The summed E-state index contributed by atoms with van der Waals surface area (Å²) in [6, 6.07) is 9.30. The number of sulfonamides is 1. The first kappa shape index (κ1) is 20.7. The van der Waals surface area contributed by atoms with Crippen LogP contribution in [-0.2, 0) is 24.3 Å². The van der Waals surface area contributed by atoms with Crippen LogP contribution in [0.4, 0.5) is 0 Å². The second-order valence-corrected chi connectivity index (χ2v) is 8.08. The number of nitrogens with one attached hydrogen (secondary N) is 1. The zero-order valence-electron chi connectivity index (χ0n) is 15.3. The van der Waals surface area contributed by atoms with Gasteiger partial charge in [0.15, 0.2) is 6.61 Å². The van der Waals surface area contributed by atoms with Crippen molar-refractivity contribution in [3.63, 3.8) is 0 Å². The number of hydrogen-bond acceptors (Lipinski definition) is 6. The Bertz CT molecular complexity index is 875. The number of esters is 1. The molecule has 146 valence electrons. The standard InChI is InChI=1S/C18H22N2O6S/c1-13-6-8-15(9-7-13)27(23,24)20(3)11-18(22)26-12-17(21)19-14(2)16-5-4-10-25-16/h4-10,14H,11-12H2,1-3H3,(H,19,21)/t14-/m0/s1. The summed E-state index contributed by atoms with van der Waals surface area (Å²) in [5.41, 5.74) is 0.922. The monoisotopic (exact) mass is 394 g/mol. The molecule has 2 aromatic rings. The van der Waals surface area contributed by atoms with Gasteiger partial charge in [0.25, 0.3) is 5.91 Å². The largest absolute Gasteiger partial charge is 0.467 e. The second kappa shape index (κ2) is 8.83. The minimum Gasteiger partial charge on any atom is -0.467 e. The first-order valence-corrected chi connectivity index (χ1v) is 9.65. The molecule has 0 saturated heterocycles. The third-order valence-corrected chi connectivity index (χ3v) is 5.61. The van der Waals surface area contributed by atoms with Gasteiger partial charge in [-0.25, -0.2) is 8.42 Å². The molecular formula is C18H22N2O6S. The van der Waals surface area contributed by atoms with Gasteiger partial charge in [-0.05, 0) is 38.1 Å². The van der Waals surface area contributed by atoms with Gasteiger partial charge in [-0.2, -0.15) is 4.31 Å². The highest BCUT2D eigenvalue weighted by Crippen LogP contribution is 2.15. The Hall–Kier alpha value is -2.65. The maximum absolute atomic E-state index is 12.4. The van der Waals surface area contributed by atoms with Crippen molar-refractivity contribution in [3.05, 3.63) is 54.0 Å². The molecule has 1 aromatic carbocycles. The highest BCUT2D eigenvalue weighted by molar-refractivity contribution is 7.89. The van der Waals surface area contributed by atoms with E-state index in [9.17, 15) is 18.0 Å². The number of ether oxygens (including phenoxy) is 1. The molecule has 1 aromatic heterocycles. The van der Waals surface area contributed by atoms with Crippen LogP contribution in [-0.4, -0.2) is 44.8 Å². The van der Waals surface area contributed by atoms with Crippen LogP contribution in [0.1, 0.15) is 24.3 Å². The van der Waals surface area contributed by atoms with E-state index in [0.29, 0.717) is 5.76 Å². The highest BCUT2D eigenvalue weighted by atomic mass is 32.2. The maximum atomic E-state index is 12.4. The average Bonchev–Trinajstić information content (AvgIpc) is 3.15. The summed E-state index contributed by atoms with van der Waals surface area (Å²) >= 11 is 0. The summed E-state index contributed by atoms with van der Waals surface area (Å²) in [7, 11) is -2.55. The summed E-state index contributed by atoms with van der Waals surface area (Å²) in [5.74, 6) is -0.774. The van der Waals surface area contributed by atoms with Crippen LogP contribution >= 0.6 is 0 Å². The molecule has 2 rings (SSSR count). The van der Waals surface area contributed by atoms with Crippen LogP contribution in [0, 0.1) is 6.92 Å². The fraction of sp³-hybridized carbons (Fsp3) is 0.333. The molecule has 9 heteroatoms. The van der Waals surface area contributed by atoms with Gasteiger partial charge in [0, 0.05) is 7.05 Å². The van der Waals surface area contributed by atoms with E-state index in [0.717, 1.165) is 9.87 Å². The van der Waals surface area contributed by atoms with E-state index in [1.54, 1.807) is 31.2 Å². The number of carbonyl (C=O) groups is 2. The Labute approximate surface area is 158 Å². The summed E-state index contributed by atoms with van der Waals surface area (Å²) in [4.78, 5) is 23.8. The maximum Gasteiger partial charge on any atom is 0.321 e. The molecule has 0 fully saturated rings. The van der Waals surface area contributed by atoms with Gasteiger partial charge >= 0.3 is 5.97 Å². The molecule has 0 unspecified atom stereocenters. The van der Waals surface area contributed by atoms with E-state index >= 15 is 0 Å². The molecule has 1 heterocycles. The SMILES string of the molecule is Cc1ccc(S(=O)(=O)N(C)CC(=O)OCC(=O)N[C@@H](C)c2ccco2)cc1. The third kappa shape index (κ3) is 5.66. The normalized spacial score (nSPS) is 12.6. The van der Waals surface area contributed by atoms with E-state index in [4.69, 9.17) is 9.15 Å². The zero-order valence-corrected chi connectivity index (χ0v) is 16.2. The number of hydrogen-bond donors (Lipinski definition) is 1. The zero-order chi connectivity index (χ0) is 20.0. The molecule has 0 aliphatic heterocycles. The predicted molar refractivity (Wildman–Crippen MR) is 97.2 cm³/mol. The van der Waals surface area contributed by atoms with Crippen molar-refractivity contribution in [2.45, 2.75) is 24.8 Å². The number of benzene rings is 1. The van der Waals surface area contributed by atoms with Crippen LogP contribution in [0.15, 0.2) is 52.0 Å². The molecule has 1 atom stereocenters. The summed E-state index contributed by atoms with van der Waals surface area (Å²) in [6.07, 6.45) is 1.49. The number of likely N-dealkylation sites (N-methyl/N-ethyl adjacent to an activating group) is 1. The van der Waals surface area contributed by atoms with E-state index in [2.05, 4.69) is 5.32 Å². The van der Waals surface area contributed by atoms with Crippen molar-refractivity contribution in [1.29, 1.82) is 0 Å². The Morgan fingerprint density at radius 1 is 1.22 bits per heavy atom. The minimum atomic E-state index is -3.82. The number of furan rings is 1. The van der Waals surface area contributed by atoms with Crippen molar-refractivity contribution in [2.24, 2.45) is 0 Å². The van der Waals surface area contributed by atoms with Gasteiger partial charge in [-0.1, -0.05) is 17.7 Å². The van der Waals surface area contributed by atoms with E-state index in [-0.39, 0.29) is 10.9 Å². The molecule has 0 bridgehead atoms. The lowest BCUT2D eigenvalue weighted by atomic mass is 10.2. The van der Waals surface area contributed by atoms with Gasteiger partial charge in [-0.3, -0.25) is 9.59 Å². The lowest BCUT2D eigenvalue weighted by Gasteiger charge is -2.17. The van der Waals surface area contributed by atoms with Gasteiger partial charge in [0.05, 0.1) is 17.2 Å². The first-order chi connectivity index (χ1) is 12.7. The quantitative estimate of drug-likeness (QED) is 0.682. The van der Waals surface area contributed by atoms with E-state index < -0.39 is 35.1 Å². The molecular weight excluding hydrogens is 372 g/mol. The van der Waals surface area contributed by atoms with E-state index in [1.807, 2.05) is 6.92 Å². The van der Waals surface area contributed by atoms with Crippen molar-refractivity contribution < 1.29 is 27.2 Å². The van der Waals surface area contributed by atoms with Crippen molar-refractivity contribution in [1.82, 2.24) is 9.62 Å². The summed E-state index contributed by atoms with van der Waals surface area (Å²) < 4.78 is 35.7. The van der Waals surface area contributed by atoms with E-state index in [1.165, 1.54) is 25.4 Å². The molecule has 0 saturated carbocycles. The third-order valence-electron chi connectivity index (χ3n) is 3.79. The first-order valence-electron chi connectivity index (χ1n) is 8.21. The lowest BCUT2D eigenvalue weighted by Crippen LogP contribution is -2.35. The fourth-order valence-corrected chi connectivity index (χ4v) is 3.36. The Morgan fingerprint density at radius 3 is 2.48 bits per heavy atom. The summed E-state index contributed by atoms with van der Waals surface area (Å²) in [6.45, 7) is 2.55. The Kier molecular flexibility index (Phi) is 6.75. The van der Waals surface area contributed by atoms with Gasteiger partial charge in [0.2, 0.25) is 10.0 Å². The second-order valence-electron chi connectivity index (χ2n) is 6.04. The molecule has 1 N–H and O–H groups in total. The number of rotatable bonds is 8. The molecule has 0 aliphatic rings. The smallest absolute Gasteiger partial charge is 0.321 e. The fourth-order valence-electron chi connectivity index (χ4n) is 2.24. The Morgan fingerprint density at radius 2 is 1.89 bits per heavy atom. The molecule has 0 aliphatic carbocycles. The van der Waals surface area contributed by atoms with Gasteiger partial charge < -0.3 is 14.5 Å². The molecule has 27 heavy (non-hydrogen) atoms. The lowest BCUT2D eigenvalue weighted by molar-refractivity contribution is -0.148. The minimum absolute atomic E-state index is 0.0772. The van der Waals surface area contributed by atoms with Crippen molar-refractivity contribution >= 4 is 21.9 Å². The average molecular weight is 394 g/mol. The van der Waals surface area contributed by atoms with Crippen LogP contribution in [0.3, 0.4) is 0 Å². The number of aryl methyl sites for hydroxylation is 1. The summed E-state index contributed by atoms with van der Waals surface area (Å²) in [5, 5.41) is 2.61. The van der Waals surface area contributed by atoms with Crippen LogP contribution in [0.2, 0.25) is 0 Å². The molecule has 0 spiro atoms. The Balaban J connectivity index is 1.84. The topological polar surface area (TPSA) is 106 Å². The van der Waals surface area contributed by atoms with Crippen LogP contribution in [0.5, 0.6) is 0 Å². The number of amides is 1. The molecule has 1 amide bonds. The van der Waals surface area contributed by atoms with Crippen LogP contribution < -0.4 is 5.32 Å². The number of carbonyl (C=O) groups excluding carboxylic acids is 2. The van der Waals surface area contributed by atoms with Gasteiger partial charge in [0.1, 0.15) is 12.3 Å². The van der Waals surface area contributed by atoms with Gasteiger partial charge in [-0.15, -0.1) is 0 Å². The molecule has 0 radical (unpaired) electrons. The van der Waals surface area contributed by atoms with Crippen LogP contribution in [0.25, 0.3) is 0 Å². The number of nitrogens with zero attached hydrogens (tertiary/aromatic N) is 1. The molecule has 8 nitrogen and oxygen atoms in total.